The maximum atomic E-state index is 14.5. The van der Waals surface area contributed by atoms with Crippen molar-refractivity contribution in [1.82, 2.24) is 9.80 Å². The van der Waals surface area contributed by atoms with E-state index in [9.17, 15) is 52.4 Å². The molecule has 0 saturated carbocycles. The maximum absolute atomic E-state index is 14.5. The number of alkyl halides is 4. The molecule has 6 N–H and O–H groups in total. The first-order valence-electron chi connectivity index (χ1n) is 13.0. The SMILES string of the molecule is CN(C)[C@@H]1C(O)=C(C(N)=O)C(=O)[C@@]2(O)C(O)=C3C(=O)c4c(O)cc(CN5CC[C@H](F)C5)c(C(F)(F)F)c4C[C@H]3C[C@@H]12. The number of carbonyl (C=O) groups is 3. The number of hydrogen-bond donors (Lipinski definition) is 5. The Bertz CT molecular complexity index is 1440. The molecule has 1 heterocycles. The second-order valence-corrected chi connectivity index (χ2v) is 11.4. The van der Waals surface area contributed by atoms with Gasteiger partial charge < -0.3 is 26.2 Å². The lowest BCUT2D eigenvalue weighted by Gasteiger charge is -2.50. The highest BCUT2D eigenvalue weighted by Crippen LogP contribution is 2.54. The summed E-state index contributed by atoms with van der Waals surface area (Å²) in [5.74, 6) is -9.32. The molecule has 1 aromatic rings. The molecule has 1 aliphatic heterocycles. The van der Waals surface area contributed by atoms with Crippen LogP contribution >= 0.6 is 0 Å². The fraction of sp³-hybridized carbons (Fsp3) is 0.519. The standard InChI is InChI=1S/C27H29F4N3O7/c1-33(2)20-14-6-10-5-13-17(15(35)7-11(19(13)27(29,30)31)8-34-4-3-12(28)9-34)21(36)16(10)23(38)26(14,41)24(39)18(22(20)37)25(32)40/h7,10,12,14,20,35,37-38,41H,3-6,8-9H2,1-2H3,(H2,32,40)/t10-,12-,14-,20-,26-/m0/s1. The van der Waals surface area contributed by atoms with E-state index in [0.717, 1.165) is 6.07 Å². The van der Waals surface area contributed by atoms with Gasteiger partial charge in [-0.1, -0.05) is 0 Å². The van der Waals surface area contributed by atoms with Crippen LogP contribution in [0.5, 0.6) is 5.75 Å². The van der Waals surface area contributed by atoms with Crippen molar-refractivity contribution in [3.8, 4) is 5.75 Å². The number of phenols is 1. The topological polar surface area (TPSA) is 165 Å². The number of nitrogens with zero attached hydrogens (tertiary/aromatic N) is 2. The van der Waals surface area contributed by atoms with Crippen molar-refractivity contribution >= 4 is 17.5 Å². The van der Waals surface area contributed by atoms with E-state index < -0.39 is 105 Å². The van der Waals surface area contributed by atoms with Crippen LogP contribution in [0.3, 0.4) is 0 Å². The predicted octanol–water partition coefficient (Wildman–Crippen LogP) is 1.68. The molecule has 0 unspecified atom stereocenters. The number of Topliss-reactive ketones (excluding diaryl/α,β-unsaturated/α-hetero) is 2. The van der Waals surface area contributed by atoms with E-state index in [2.05, 4.69) is 0 Å². The smallest absolute Gasteiger partial charge is 0.417 e. The third-order valence-electron chi connectivity index (χ3n) is 8.70. The lowest BCUT2D eigenvalue weighted by Crippen LogP contribution is -2.63. The molecule has 14 heteroatoms. The van der Waals surface area contributed by atoms with Crippen molar-refractivity contribution in [3.05, 3.63) is 51.0 Å². The average Bonchev–Trinajstić information content (AvgIpc) is 3.24. The van der Waals surface area contributed by atoms with Crippen molar-refractivity contribution in [2.45, 2.75) is 49.8 Å². The van der Waals surface area contributed by atoms with Crippen LogP contribution < -0.4 is 5.73 Å². The number of rotatable bonds is 4. The Balaban J connectivity index is 1.69. The van der Waals surface area contributed by atoms with Gasteiger partial charge in [0, 0.05) is 31.1 Å². The van der Waals surface area contributed by atoms with Crippen LogP contribution in [0, 0.1) is 11.8 Å². The molecule has 1 aromatic carbocycles. The van der Waals surface area contributed by atoms with Crippen molar-refractivity contribution in [1.29, 1.82) is 0 Å². The van der Waals surface area contributed by atoms with Gasteiger partial charge in [0.2, 0.25) is 5.78 Å². The zero-order valence-electron chi connectivity index (χ0n) is 22.1. The van der Waals surface area contributed by atoms with Gasteiger partial charge in [0.15, 0.2) is 11.4 Å². The van der Waals surface area contributed by atoms with E-state index in [1.54, 1.807) is 0 Å². The van der Waals surface area contributed by atoms with E-state index >= 15 is 0 Å². The molecule has 222 valence electrons. The number of likely N-dealkylation sites (N-methyl/N-ethyl adjacent to an activating group) is 1. The highest BCUT2D eigenvalue weighted by atomic mass is 19.4. The van der Waals surface area contributed by atoms with E-state index in [4.69, 9.17) is 5.73 Å². The largest absolute Gasteiger partial charge is 0.510 e. The fourth-order valence-corrected chi connectivity index (χ4v) is 7.04. The lowest BCUT2D eigenvalue weighted by atomic mass is 9.58. The number of hydrogen-bond acceptors (Lipinski definition) is 9. The molecule has 1 fully saturated rings. The molecule has 1 amide bonds. The molecule has 1 saturated heterocycles. The zero-order valence-corrected chi connectivity index (χ0v) is 22.1. The lowest BCUT2D eigenvalue weighted by molar-refractivity contribution is -0.148. The number of amides is 1. The molecule has 3 aliphatic carbocycles. The van der Waals surface area contributed by atoms with Gasteiger partial charge >= 0.3 is 6.18 Å². The number of aliphatic hydroxyl groups is 3. The number of primary amides is 1. The number of ketones is 2. The molecule has 0 radical (unpaired) electrons. The van der Waals surface area contributed by atoms with Crippen LogP contribution in [0.4, 0.5) is 17.6 Å². The molecule has 41 heavy (non-hydrogen) atoms. The molecule has 10 nitrogen and oxygen atoms in total. The third kappa shape index (κ3) is 4.22. The van der Waals surface area contributed by atoms with Crippen molar-refractivity contribution in [2.24, 2.45) is 17.6 Å². The van der Waals surface area contributed by atoms with Crippen LogP contribution in [0.25, 0.3) is 0 Å². The summed E-state index contributed by atoms with van der Waals surface area (Å²) in [4.78, 5) is 41.9. The summed E-state index contributed by atoms with van der Waals surface area (Å²) in [6.07, 6.45) is -6.86. The van der Waals surface area contributed by atoms with Gasteiger partial charge in [-0.25, -0.2) is 4.39 Å². The zero-order chi connectivity index (χ0) is 30.3. The minimum Gasteiger partial charge on any atom is -0.510 e. The predicted molar refractivity (Wildman–Crippen MR) is 133 cm³/mol. The monoisotopic (exact) mass is 583 g/mol. The second kappa shape index (κ2) is 9.53. The van der Waals surface area contributed by atoms with Crippen LogP contribution in [0.1, 0.15) is 39.9 Å². The van der Waals surface area contributed by atoms with Crippen molar-refractivity contribution in [2.75, 3.05) is 27.2 Å². The number of phenolic OH excluding ortho intramolecular Hbond substituents is 1. The van der Waals surface area contributed by atoms with Crippen molar-refractivity contribution in [3.63, 3.8) is 0 Å². The van der Waals surface area contributed by atoms with Gasteiger partial charge in [0.05, 0.1) is 17.2 Å². The summed E-state index contributed by atoms with van der Waals surface area (Å²) < 4.78 is 57.4. The molecule has 0 aromatic heterocycles. The van der Waals surface area contributed by atoms with E-state index in [1.807, 2.05) is 0 Å². The summed E-state index contributed by atoms with van der Waals surface area (Å²) in [7, 11) is 2.89. The van der Waals surface area contributed by atoms with E-state index in [1.165, 1.54) is 23.9 Å². The van der Waals surface area contributed by atoms with Gasteiger partial charge in [-0.05, 0) is 56.5 Å². The summed E-state index contributed by atoms with van der Waals surface area (Å²) in [6.45, 7) is -0.192. The Morgan fingerprint density at radius 2 is 1.88 bits per heavy atom. The summed E-state index contributed by atoms with van der Waals surface area (Å²) in [6, 6.07) is -0.477. The van der Waals surface area contributed by atoms with Crippen LogP contribution in [-0.4, -0.2) is 92.7 Å². The number of carbonyl (C=O) groups excluding carboxylic acids is 3. The minimum absolute atomic E-state index is 0.0814. The number of allylic oxidation sites excluding steroid dienone is 1. The first kappa shape index (κ1) is 29.0. The van der Waals surface area contributed by atoms with E-state index in [0.29, 0.717) is 0 Å². The number of likely N-dealkylation sites (tertiary alicyclic amines) is 1. The Hall–Kier alpha value is -3.49. The summed E-state index contributed by atoms with van der Waals surface area (Å²) in [5, 5.41) is 44.4. The van der Waals surface area contributed by atoms with Gasteiger partial charge in [0.25, 0.3) is 5.91 Å². The number of halogens is 4. The maximum Gasteiger partial charge on any atom is 0.417 e. The van der Waals surface area contributed by atoms with Crippen LogP contribution in [0.15, 0.2) is 28.7 Å². The number of aromatic hydroxyl groups is 1. The highest BCUT2D eigenvalue weighted by Gasteiger charge is 2.63. The minimum atomic E-state index is -4.97. The molecular formula is C27H29F4N3O7. The second-order valence-electron chi connectivity index (χ2n) is 11.4. The van der Waals surface area contributed by atoms with Gasteiger partial charge in [-0.2, -0.15) is 13.2 Å². The highest BCUT2D eigenvalue weighted by molar-refractivity contribution is 6.24. The van der Waals surface area contributed by atoms with Crippen molar-refractivity contribution < 1.29 is 52.4 Å². The average molecular weight is 584 g/mol. The normalized spacial score (nSPS) is 30.5. The van der Waals surface area contributed by atoms with E-state index in [-0.39, 0.29) is 38.0 Å². The molecule has 4 aliphatic rings. The summed E-state index contributed by atoms with van der Waals surface area (Å²) >= 11 is 0. The number of benzene rings is 1. The fourth-order valence-electron chi connectivity index (χ4n) is 7.04. The third-order valence-corrected chi connectivity index (χ3v) is 8.70. The number of aliphatic hydroxyl groups excluding tert-OH is 2. The Labute approximate surface area is 231 Å². The van der Waals surface area contributed by atoms with Gasteiger partial charge in [0.1, 0.15) is 29.0 Å². The molecular weight excluding hydrogens is 554 g/mol. The number of nitrogens with two attached hydrogens (primary N) is 1. The molecule has 0 bridgehead atoms. The van der Waals surface area contributed by atoms with Gasteiger partial charge in [-0.3, -0.25) is 24.2 Å². The van der Waals surface area contributed by atoms with Gasteiger partial charge in [-0.15, -0.1) is 0 Å². The number of fused-ring (bicyclic) bond motifs is 3. The molecule has 0 spiro atoms. The summed E-state index contributed by atoms with van der Waals surface area (Å²) in [5.41, 5.74) is -1.89. The first-order valence-corrected chi connectivity index (χ1v) is 13.0. The Morgan fingerprint density at radius 3 is 2.41 bits per heavy atom. The Morgan fingerprint density at radius 1 is 1.22 bits per heavy atom. The first-order chi connectivity index (χ1) is 19.0. The van der Waals surface area contributed by atoms with Crippen LogP contribution in [0.2, 0.25) is 0 Å². The van der Waals surface area contributed by atoms with Crippen LogP contribution in [-0.2, 0) is 28.7 Å². The Kier molecular flexibility index (Phi) is 6.74. The quantitative estimate of drug-likeness (QED) is 0.262. The molecule has 5 atom stereocenters. The molecule has 5 rings (SSSR count).